The van der Waals surface area contributed by atoms with Crippen LogP contribution >= 0.6 is 11.3 Å². The van der Waals surface area contributed by atoms with Gasteiger partial charge in [0.05, 0.1) is 0 Å². The van der Waals surface area contributed by atoms with E-state index in [1.807, 2.05) is 52.1 Å². The lowest BCUT2D eigenvalue weighted by atomic mass is 9.84. The maximum absolute atomic E-state index is 12.9. The molecule has 1 atom stereocenters. The average molecular weight is 409 g/mol. The molecule has 0 aliphatic heterocycles. The Morgan fingerprint density at radius 1 is 1.25 bits per heavy atom. The van der Waals surface area contributed by atoms with Crippen LogP contribution in [0.1, 0.15) is 52.8 Å². The van der Waals surface area contributed by atoms with Gasteiger partial charge in [-0.2, -0.15) is 0 Å². The van der Waals surface area contributed by atoms with Crippen molar-refractivity contribution in [2.24, 2.45) is 5.41 Å². The normalized spacial score (nSPS) is 13.8. The Bertz CT molecular complexity index is 730. The third kappa shape index (κ3) is 6.78. The summed E-state index contributed by atoms with van der Waals surface area (Å²) in [6.07, 6.45) is 1.76. The number of carboxylic acids is 1. The third-order valence-electron chi connectivity index (χ3n) is 4.59. The number of carbonyl (C=O) groups excluding carboxylic acids is 2. The van der Waals surface area contributed by atoms with Crippen LogP contribution in [0, 0.1) is 5.41 Å². The number of carboxylic acid groups (broad SMARTS) is 1. The quantitative estimate of drug-likeness (QED) is 0.645. The van der Waals surface area contributed by atoms with Gasteiger partial charge in [0.25, 0.3) is 0 Å². The highest BCUT2D eigenvalue weighted by Gasteiger charge is 2.36. The molecular weight excluding hydrogens is 376 g/mol. The number of likely N-dealkylation sites (N-methyl/N-ethyl adjacent to an activating group) is 1. The second-order valence-corrected chi connectivity index (χ2v) is 9.76. The smallest absolute Gasteiger partial charge is 0.331 e. The third-order valence-corrected chi connectivity index (χ3v) is 5.83. The molecule has 0 fully saturated rings. The van der Waals surface area contributed by atoms with Crippen LogP contribution < -0.4 is 5.32 Å². The number of hydrogen-bond acceptors (Lipinski definition) is 4. The molecule has 0 spiro atoms. The minimum absolute atomic E-state index is 0.167. The van der Waals surface area contributed by atoms with E-state index in [1.165, 1.54) is 17.9 Å². The molecule has 0 radical (unpaired) electrons. The van der Waals surface area contributed by atoms with Gasteiger partial charge in [-0.3, -0.25) is 9.59 Å². The van der Waals surface area contributed by atoms with Crippen LogP contribution in [-0.4, -0.2) is 47.4 Å². The van der Waals surface area contributed by atoms with E-state index in [-0.39, 0.29) is 35.8 Å². The summed E-state index contributed by atoms with van der Waals surface area (Å²) in [6.45, 7) is 11.4. The van der Waals surface area contributed by atoms with Crippen LogP contribution in [0.15, 0.2) is 29.2 Å². The Hall–Kier alpha value is -2.15. The standard InChI is InChI=1S/C21H32N2O4S/c1-14(19(26)27)10-11-23(7)18(25)17(20(2,3)4)22-16(24)13-21(5,6)15-9-8-12-28-15/h8-10,12,17H,11,13H2,1-7H3,(H,22,24)(H,26,27)/b14-10+/t17-/m1/s1. The van der Waals surface area contributed by atoms with E-state index >= 15 is 0 Å². The van der Waals surface area contributed by atoms with E-state index in [0.717, 1.165) is 4.88 Å². The van der Waals surface area contributed by atoms with Gasteiger partial charge < -0.3 is 15.3 Å². The molecule has 1 heterocycles. The Labute approximate surface area is 171 Å². The van der Waals surface area contributed by atoms with Gasteiger partial charge in [-0.25, -0.2) is 4.79 Å². The van der Waals surface area contributed by atoms with Crippen LogP contribution in [0.5, 0.6) is 0 Å². The minimum atomic E-state index is -1.02. The summed E-state index contributed by atoms with van der Waals surface area (Å²) in [4.78, 5) is 39.1. The number of hydrogen-bond donors (Lipinski definition) is 2. The van der Waals surface area contributed by atoms with E-state index in [9.17, 15) is 14.4 Å². The summed E-state index contributed by atoms with van der Waals surface area (Å²) < 4.78 is 0. The van der Waals surface area contributed by atoms with Gasteiger partial charge in [0.2, 0.25) is 11.8 Å². The zero-order chi connectivity index (χ0) is 21.7. The van der Waals surface area contributed by atoms with Crippen molar-refractivity contribution in [2.45, 2.75) is 59.4 Å². The summed E-state index contributed by atoms with van der Waals surface area (Å²) in [6, 6.07) is 3.26. The van der Waals surface area contributed by atoms with Gasteiger partial charge in [-0.05, 0) is 23.8 Å². The molecule has 28 heavy (non-hydrogen) atoms. The van der Waals surface area contributed by atoms with E-state index in [2.05, 4.69) is 5.32 Å². The summed E-state index contributed by atoms with van der Waals surface area (Å²) >= 11 is 1.61. The van der Waals surface area contributed by atoms with Crippen molar-refractivity contribution in [2.75, 3.05) is 13.6 Å². The van der Waals surface area contributed by atoms with Crippen LogP contribution in [0.4, 0.5) is 0 Å². The van der Waals surface area contributed by atoms with Crippen molar-refractivity contribution in [1.29, 1.82) is 0 Å². The van der Waals surface area contributed by atoms with Gasteiger partial charge in [0.15, 0.2) is 0 Å². The predicted molar refractivity (Wildman–Crippen MR) is 112 cm³/mol. The molecule has 0 bridgehead atoms. The number of nitrogens with zero attached hydrogens (tertiary/aromatic N) is 1. The Morgan fingerprint density at radius 2 is 1.86 bits per heavy atom. The highest BCUT2D eigenvalue weighted by molar-refractivity contribution is 7.10. The number of aliphatic carboxylic acids is 1. The molecule has 0 aliphatic rings. The molecule has 7 heteroatoms. The van der Waals surface area contributed by atoms with Gasteiger partial charge in [-0.1, -0.05) is 46.8 Å². The fourth-order valence-electron chi connectivity index (χ4n) is 2.68. The second kappa shape index (κ2) is 9.37. The second-order valence-electron chi connectivity index (χ2n) is 8.82. The van der Waals surface area contributed by atoms with E-state index < -0.39 is 17.4 Å². The van der Waals surface area contributed by atoms with Gasteiger partial charge in [-0.15, -0.1) is 11.3 Å². The van der Waals surface area contributed by atoms with Crippen LogP contribution in [0.3, 0.4) is 0 Å². The molecule has 2 amide bonds. The lowest BCUT2D eigenvalue weighted by Crippen LogP contribution is -2.54. The van der Waals surface area contributed by atoms with Crippen molar-refractivity contribution in [3.8, 4) is 0 Å². The van der Waals surface area contributed by atoms with E-state index in [4.69, 9.17) is 5.11 Å². The first-order chi connectivity index (χ1) is 12.8. The number of nitrogens with one attached hydrogen (secondary N) is 1. The zero-order valence-corrected chi connectivity index (χ0v) is 18.6. The molecular formula is C21H32N2O4S. The maximum Gasteiger partial charge on any atom is 0.331 e. The highest BCUT2D eigenvalue weighted by Crippen LogP contribution is 2.31. The van der Waals surface area contributed by atoms with E-state index in [1.54, 1.807) is 18.4 Å². The zero-order valence-electron chi connectivity index (χ0n) is 17.8. The van der Waals surface area contributed by atoms with Crippen LogP contribution in [0.25, 0.3) is 0 Å². The first-order valence-corrected chi connectivity index (χ1v) is 10.1. The van der Waals surface area contributed by atoms with Gasteiger partial charge in [0, 0.05) is 35.9 Å². The minimum Gasteiger partial charge on any atom is -0.478 e. The van der Waals surface area contributed by atoms with Crippen molar-refractivity contribution >= 4 is 29.1 Å². The Balaban J connectivity index is 2.88. The van der Waals surface area contributed by atoms with Gasteiger partial charge >= 0.3 is 5.97 Å². The van der Waals surface area contributed by atoms with Crippen molar-refractivity contribution < 1.29 is 19.5 Å². The first-order valence-electron chi connectivity index (χ1n) is 9.24. The average Bonchev–Trinajstić information content (AvgIpc) is 3.10. The Kier molecular flexibility index (Phi) is 7.99. The molecule has 1 rings (SSSR count). The largest absolute Gasteiger partial charge is 0.478 e. The van der Waals surface area contributed by atoms with Crippen LogP contribution in [-0.2, 0) is 19.8 Å². The number of carbonyl (C=O) groups is 3. The summed E-state index contributed by atoms with van der Waals surface area (Å²) in [5, 5.41) is 13.8. The number of thiophene rings is 1. The van der Waals surface area contributed by atoms with Crippen molar-refractivity contribution in [3.63, 3.8) is 0 Å². The summed E-state index contributed by atoms with van der Waals surface area (Å²) in [5.41, 5.74) is -0.634. The summed E-state index contributed by atoms with van der Waals surface area (Å²) in [7, 11) is 1.61. The van der Waals surface area contributed by atoms with Crippen molar-refractivity contribution in [3.05, 3.63) is 34.0 Å². The molecule has 0 saturated carbocycles. The molecule has 0 unspecified atom stereocenters. The molecule has 0 aliphatic carbocycles. The highest BCUT2D eigenvalue weighted by atomic mass is 32.1. The molecule has 1 aromatic rings. The molecule has 0 aromatic carbocycles. The fourth-order valence-corrected chi connectivity index (χ4v) is 3.54. The molecule has 1 aromatic heterocycles. The predicted octanol–water partition coefficient (Wildman–Crippen LogP) is 3.44. The van der Waals surface area contributed by atoms with Crippen molar-refractivity contribution in [1.82, 2.24) is 10.2 Å². The Morgan fingerprint density at radius 3 is 2.32 bits per heavy atom. The molecule has 2 N–H and O–H groups in total. The van der Waals surface area contributed by atoms with E-state index in [0.29, 0.717) is 0 Å². The SMILES string of the molecule is C/C(=C\CN(C)C(=O)[C@@H](NC(=O)CC(C)(C)c1cccs1)C(C)(C)C)C(=O)O. The molecule has 6 nitrogen and oxygen atoms in total. The molecule has 0 saturated heterocycles. The fraction of sp³-hybridized carbons (Fsp3) is 0.571. The maximum atomic E-state index is 12.9. The monoisotopic (exact) mass is 408 g/mol. The number of rotatable bonds is 8. The topological polar surface area (TPSA) is 86.7 Å². The van der Waals surface area contributed by atoms with Gasteiger partial charge in [0.1, 0.15) is 6.04 Å². The lowest BCUT2D eigenvalue weighted by molar-refractivity contribution is -0.138. The first kappa shape index (κ1) is 23.9. The van der Waals surface area contributed by atoms with Crippen LogP contribution in [0.2, 0.25) is 0 Å². The molecule has 156 valence electrons. The lowest BCUT2D eigenvalue weighted by Gasteiger charge is -2.34. The summed E-state index contributed by atoms with van der Waals surface area (Å²) in [5.74, 6) is -1.45. The number of amides is 2.